The molecule has 1 aliphatic rings. The first-order chi connectivity index (χ1) is 13.7. The monoisotopic (exact) mass is 390 g/mol. The van der Waals surface area contributed by atoms with Crippen molar-refractivity contribution in [3.63, 3.8) is 0 Å². The second-order valence-electron chi connectivity index (χ2n) is 7.23. The van der Waals surface area contributed by atoms with Gasteiger partial charge in [-0.1, -0.05) is 60.7 Å². The summed E-state index contributed by atoms with van der Waals surface area (Å²) in [6.07, 6.45) is 3.39. The fourth-order valence-electron chi connectivity index (χ4n) is 3.78. The Labute approximate surface area is 171 Å². The molecule has 0 bridgehead atoms. The fourth-order valence-corrected chi connectivity index (χ4v) is 4.10. The van der Waals surface area contributed by atoms with E-state index in [-0.39, 0.29) is 0 Å². The summed E-state index contributed by atoms with van der Waals surface area (Å²) in [5, 5.41) is 4.90. The molecule has 1 aromatic heterocycles. The van der Waals surface area contributed by atoms with Crippen LogP contribution in [0.15, 0.2) is 60.7 Å². The van der Waals surface area contributed by atoms with Crippen molar-refractivity contribution in [2.45, 2.75) is 33.5 Å². The van der Waals surface area contributed by atoms with Crippen molar-refractivity contribution in [1.82, 2.24) is 19.2 Å². The van der Waals surface area contributed by atoms with Crippen molar-refractivity contribution >= 4 is 17.8 Å². The normalized spacial score (nSPS) is 14.9. The lowest BCUT2D eigenvalue weighted by molar-refractivity contribution is 0.226. The molecule has 4 nitrogen and oxygen atoms in total. The van der Waals surface area contributed by atoms with Gasteiger partial charge in [-0.25, -0.2) is 4.68 Å². The SMILES string of the molecule is CCn1c(-c2ccccc2C)nn(CN2CC=C(c3ccccc3)CC2)c1=S. The molecular weight excluding hydrogens is 364 g/mol. The van der Waals surface area contributed by atoms with Gasteiger partial charge in [-0.05, 0) is 49.2 Å². The molecule has 0 atom stereocenters. The quantitative estimate of drug-likeness (QED) is 0.563. The minimum atomic E-state index is 0.725. The van der Waals surface area contributed by atoms with Crippen LogP contribution in [0.4, 0.5) is 0 Å². The molecule has 5 heteroatoms. The first-order valence-electron chi connectivity index (χ1n) is 9.88. The topological polar surface area (TPSA) is 26.0 Å². The van der Waals surface area contributed by atoms with Crippen molar-refractivity contribution in [2.75, 3.05) is 13.1 Å². The first-order valence-corrected chi connectivity index (χ1v) is 10.3. The van der Waals surface area contributed by atoms with E-state index in [1.807, 2.05) is 4.68 Å². The number of nitrogens with zero attached hydrogens (tertiary/aromatic N) is 4. The highest BCUT2D eigenvalue weighted by Crippen LogP contribution is 2.24. The van der Waals surface area contributed by atoms with E-state index < -0.39 is 0 Å². The number of hydrogen-bond acceptors (Lipinski definition) is 3. The maximum Gasteiger partial charge on any atom is 0.199 e. The summed E-state index contributed by atoms with van der Waals surface area (Å²) in [5.41, 5.74) is 5.13. The van der Waals surface area contributed by atoms with Crippen molar-refractivity contribution in [2.24, 2.45) is 0 Å². The minimum absolute atomic E-state index is 0.725. The van der Waals surface area contributed by atoms with E-state index in [4.69, 9.17) is 17.3 Å². The van der Waals surface area contributed by atoms with Gasteiger partial charge in [-0.3, -0.25) is 4.90 Å². The predicted molar refractivity (Wildman–Crippen MR) is 118 cm³/mol. The third kappa shape index (κ3) is 3.73. The summed E-state index contributed by atoms with van der Waals surface area (Å²) in [6.45, 7) is 7.73. The third-order valence-electron chi connectivity index (χ3n) is 5.40. The molecule has 1 aliphatic heterocycles. The van der Waals surface area contributed by atoms with Gasteiger partial charge in [-0.2, -0.15) is 5.10 Å². The van der Waals surface area contributed by atoms with E-state index in [2.05, 4.69) is 84.0 Å². The third-order valence-corrected chi connectivity index (χ3v) is 5.83. The van der Waals surface area contributed by atoms with Crippen molar-refractivity contribution < 1.29 is 0 Å². The Kier molecular flexibility index (Phi) is 5.55. The molecule has 28 heavy (non-hydrogen) atoms. The molecule has 144 valence electrons. The van der Waals surface area contributed by atoms with Crippen LogP contribution in [0.2, 0.25) is 0 Å². The van der Waals surface area contributed by atoms with E-state index in [1.54, 1.807) is 0 Å². The average molecular weight is 391 g/mol. The van der Waals surface area contributed by atoms with E-state index in [9.17, 15) is 0 Å². The van der Waals surface area contributed by atoms with E-state index >= 15 is 0 Å². The van der Waals surface area contributed by atoms with Crippen LogP contribution in [0.1, 0.15) is 24.5 Å². The highest BCUT2D eigenvalue weighted by Gasteiger charge is 2.17. The molecule has 4 rings (SSSR count). The van der Waals surface area contributed by atoms with Gasteiger partial charge in [0, 0.05) is 25.2 Å². The van der Waals surface area contributed by atoms with Crippen molar-refractivity contribution in [1.29, 1.82) is 0 Å². The maximum absolute atomic E-state index is 5.74. The van der Waals surface area contributed by atoms with Crippen LogP contribution in [0.5, 0.6) is 0 Å². The van der Waals surface area contributed by atoms with Gasteiger partial charge in [0.1, 0.15) is 0 Å². The molecule has 0 unspecified atom stereocenters. The second-order valence-corrected chi connectivity index (χ2v) is 7.59. The maximum atomic E-state index is 5.74. The largest absolute Gasteiger partial charge is 0.300 e. The van der Waals surface area contributed by atoms with Crippen LogP contribution in [0.25, 0.3) is 17.0 Å². The predicted octanol–water partition coefficient (Wildman–Crippen LogP) is 5.16. The second kappa shape index (κ2) is 8.25. The van der Waals surface area contributed by atoms with Gasteiger partial charge in [0.15, 0.2) is 10.6 Å². The van der Waals surface area contributed by atoms with E-state index in [0.29, 0.717) is 0 Å². The summed E-state index contributed by atoms with van der Waals surface area (Å²) in [5.74, 6) is 0.961. The first kappa shape index (κ1) is 18.8. The highest BCUT2D eigenvalue weighted by molar-refractivity contribution is 7.71. The van der Waals surface area contributed by atoms with E-state index in [0.717, 1.165) is 48.9 Å². The molecule has 0 N–H and O–H groups in total. The Morgan fingerprint density at radius 3 is 2.46 bits per heavy atom. The minimum Gasteiger partial charge on any atom is -0.300 e. The van der Waals surface area contributed by atoms with Gasteiger partial charge < -0.3 is 4.57 Å². The van der Waals surface area contributed by atoms with Gasteiger partial charge >= 0.3 is 0 Å². The lowest BCUT2D eigenvalue weighted by Crippen LogP contribution is -2.31. The zero-order chi connectivity index (χ0) is 19.5. The lowest BCUT2D eigenvalue weighted by Gasteiger charge is -2.26. The molecule has 0 saturated carbocycles. The average Bonchev–Trinajstić information content (AvgIpc) is 3.04. The molecule has 0 aliphatic carbocycles. The van der Waals surface area contributed by atoms with Crippen LogP contribution >= 0.6 is 12.2 Å². The van der Waals surface area contributed by atoms with Crippen molar-refractivity contribution in [3.05, 3.63) is 76.6 Å². The standard InChI is InChI=1S/C23H26N4S/c1-3-26-22(21-12-8-7-9-18(21)2)24-27(23(26)28)17-25-15-13-20(14-16-25)19-10-5-4-6-11-19/h4-13H,3,14-17H2,1-2H3. The van der Waals surface area contributed by atoms with Crippen LogP contribution in [0, 0.1) is 11.7 Å². The number of aryl methyl sites for hydroxylation is 1. The van der Waals surface area contributed by atoms with Crippen LogP contribution in [-0.2, 0) is 13.2 Å². The number of benzene rings is 2. The fraction of sp³-hybridized carbons (Fsp3) is 0.304. The zero-order valence-electron chi connectivity index (χ0n) is 16.5. The molecule has 2 aromatic carbocycles. The van der Waals surface area contributed by atoms with Crippen molar-refractivity contribution in [3.8, 4) is 11.4 Å². The Morgan fingerprint density at radius 1 is 1.04 bits per heavy atom. The number of hydrogen-bond donors (Lipinski definition) is 0. The Balaban J connectivity index is 1.56. The summed E-state index contributed by atoms with van der Waals surface area (Å²) in [7, 11) is 0. The van der Waals surface area contributed by atoms with Crippen LogP contribution in [-0.4, -0.2) is 32.3 Å². The number of rotatable bonds is 5. The van der Waals surface area contributed by atoms with Crippen LogP contribution < -0.4 is 0 Å². The molecule has 0 spiro atoms. The molecule has 0 saturated heterocycles. The molecular formula is C23H26N4S. The molecule has 0 fully saturated rings. The van der Waals surface area contributed by atoms with E-state index in [1.165, 1.54) is 16.7 Å². The van der Waals surface area contributed by atoms with Gasteiger partial charge in [0.25, 0.3) is 0 Å². The molecule has 3 aromatic rings. The lowest BCUT2D eigenvalue weighted by atomic mass is 10.00. The summed E-state index contributed by atoms with van der Waals surface area (Å²) >= 11 is 5.74. The van der Waals surface area contributed by atoms with Gasteiger partial charge in [0.05, 0.1) is 6.67 Å². The zero-order valence-corrected chi connectivity index (χ0v) is 17.3. The smallest absolute Gasteiger partial charge is 0.199 e. The summed E-state index contributed by atoms with van der Waals surface area (Å²) < 4.78 is 4.90. The number of aromatic nitrogens is 3. The van der Waals surface area contributed by atoms with Gasteiger partial charge in [0.2, 0.25) is 0 Å². The summed E-state index contributed by atoms with van der Waals surface area (Å²) in [4.78, 5) is 2.40. The Hall–Kier alpha value is -2.50. The molecule has 2 heterocycles. The molecule has 0 amide bonds. The van der Waals surface area contributed by atoms with Crippen LogP contribution in [0.3, 0.4) is 0 Å². The Bertz CT molecular complexity index is 1050. The summed E-state index contributed by atoms with van der Waals surface area (Å²) in [6, 6.07) is 19.0. The highest BCUT2D eigenvalue weighted by atomic mass is 32.1. The van der Waals surface area contributed by atoms with Gasteiger partial charge in [-0.15, -0.1) is 0 Å². The Morgan fingerprint density at radius 2 is 1.79 bits per heavy atom. The molecule has 0 radical (unpaired) electrons.